The van der Waals surface area contributed by atoms with Crippen LogP contribution in [0.3, 0.4) is 0 Å². The van der Waals surface area contributed by atoms with Crippen LogP contribution in [0.1, 0.15) is 27.9 Å². The number of nitrogens with zero attached hydrogens (tertiary/aromatic N) is 3. The van der Waals surface area contributed by atoms with Crippen molar-refractivity contribution in [1.29, 1.82) is 0 Å². The van der Waals surface area contributed by atoms with Gasteiger partial charge in [0.1, 0.15) is 0 Å². The predicted molar refractivity (Wildman–Crippen MR) is 84.5 cm³/mol. The fraction of sp³-hybridized carbons (Fsp3) is 0.235. The normalized spacial score (nSPS) is 16.1. The molecule has 3 rings (SSSR count). The molecule has 1 aliphatic rings. The van der Waals surface area contributed by atoms with E-state index >= 15 is 0 Å². The molecule has 1 aliphatic heterocycles. The van der Waals surface area contributed by atoms with E-state index in [1.54, 1.807) is 10.8 Å². The molecule has 0 aliphatic carbocycles. The van der Waals surface area contributed by atoms with E-state index in [0.717, 1.165) is 27.9 Å². The second-order valence-corrected chi connectivity index (χ2v) is 5.56. The van der Waals surface area contributed by atoms with Crippen molar-refractivity contribution in [1.82, 2.24) is 9.78 Å². The summed E-state index contributed by atoms with van der Waals surface area (Å²) in [6.45, 7) is 5.90. The van der Waals surface area contributed by atoms with Crippen LogP contribution in [0, 0.1) is 20.8 Å². The molecular weight excluding hydrogens is 278 g/mol. The summed E-state index contributed by atoms with van der Waals surface area (Å²) in [5.41, 5.74) is 5.03. The van der Waals surface area contributed by atoms with Gasteiger partial charge in [-0.1, -0.05) is 17.2 Å². The lowest BCUT2D eigenvalue weighted by Gasteiger charge is -2.03. The molecule has 0 amide bonds. The number of carbonyl (C=O) groups excluding carboxylic acids is 1. The summed E-state index contributed by atoms with van der Waals surface area (Å²) in [4.78, 5) is 16.4. The maximum Gasteiger partial charge on any atom is 0.363 e. The molecule has 2 heterocycles. The van der Waals surface area contributed by atoms with Crippen LogP contribution < -0.4 is 0 Å². The molecule has 2 aromatic rings. The molecule has 0 fully saturated rings. The van der Waals surface area contributed by atoms with Gasteiger partial charge < -0.3 is 4.74 Å². The van der Waals surface area contributed by atoms with Crippen molar-refractivity contribution < 1.29 is 9.53 Å². The first-order valence-electron chi connectivity index (χ1n) is 7.04. The van der Waals surface area contributed by atoms with Crippen molar-refractivity contribution in [3.8, 4) is 0 Å². The Bertz CT molecular complexity index is 808. The van der Waals surface area contributed by atoms with Gasteiger partial charge in [-0.2, -0.15) is 5.10 Å². The number of aryl methyl sites for hydroxylation is 4. The van der Waals surface area contributed by atoms with E-state index in [-0.39, 0.29) is 0 Å². The van der Waals surface area contributed by atoms with Crippen LogP contribution in [0.25, 0.3) is 6.08 Å². The highest BCUT2D eigenvalue weighted by atomic mass is 16.6. The largest absolute Gasteiger partial charge is 0.402 e. The summed E-state index contributed by atoms with van der Waals surface area (Å²) in [5, 5.41) is 4.25. The lowest BCUT2D eigenvalue weighted by atomic mass is 10.1. The highest BCUT2D eigenvalue weighted by Crippen LogP contribution is 2.21. The predicted octanol–water partition coefficient (Wildman–Crippen LogP) is 2.69. The SMILES string of the molecule is Cc1cc(C)cc(C2=N/C(=C/c3cn(C)nc3C)C(=O)O2)c1. The lowest BCUT2D eigenvalue weighted by molar-refractivity contribution is -0.129. The fourth-order valence-corrected chi connectivity index (χ4v) is 2.54. The number of aliphatic imine (C=N–C) groups is 1. The molecule has 0 spiro atoms. The van der Waals surface area contributed by atoms with Crippen molar-refractivity contribution in [2.45, 2.75) is 20.8 Å². The summed E-state index contributed by atoms with van der Waals surface area (Å²) in [7, 11) is 1.84. The Kier molecular flexibility index (Phi) is 3.41. The number of benzene rings is 1. The standard InChI is InChI=1S/C17H17N3O2/c1-10-5-11(2)7-13(6-10)16-18-15(17(21)22-16)8-14-9-20(4)19-12(14)3/h5-9H,1-4H3/b15-8+. The highest BCUT2D eigenvalue weighted by molar-refractivity contribution is 6.13. The third kappa shape index (κ3) is 2.70. The minimum absolute atomic E-state index is 0.297. The lowest BCUT2D eigenvalue weighted by Crippen LogP contribution is -2.05. The Labute approximate surface area is 128 Å². The van der Waals surface area contributed by atoms with Crippen molar-refractivity contribution in [2.75, 3.05) is 0 Å². The molecule has 0 saturated heterocycles. The number of aromatic nitrogens is 2. The molecule has 112 valence electrons. The number of ether oxygens (including phenoxy) is 1. The summed E-state index contributed by atoms with van der Waals surface area (Å²) in [6.07, 6.45) is 3.56. The smallest absolute Gasteiger partial charge is 0.363 e. The van der Waals surface area contributed by atoms with Gasteiger partial charge in [0.15, 0.2) is 5.70 Å². The van der Waals surface area contributed by atoms with E-state index in [1.165, 1.54) is 0 Å². The Morgan fingerprint density at radius 2 is 1.82 bits per heavy atom. The van der Waals surface area contributed by atoms with Gasteiger partial charge in [0.25, 0.3) is 0 Å². The van der Waals surface area contributed by atoms with Crippen molar-refractivity contribution in [3.63, 3.8) is 0 Å². The molecule has 0 atom stereocenters. The molecule has 0 unspecified atom stereocenters. The van der Waals surface area contributed by atoms with E-state index in [4.69, 9.17) is 4.74 Å². The van der Waals surface area contributed by atoms with Crippen LogP contribution in [-0.4, -0.2) is 21.6 Å². The van der Waals surface area contributed by atoms with E-state index in [0.29, 0.717) is 11.6 Å². The van der Waals surface area contributed by atoms with Crippen LogP contribution in [0.4, 0.5) is 0 Å². The zero-order valence-electron chi connectivity index (χ0n) is 13.0. The summed E-state index contributed by atoms with van der Waals surface area (Å²) in [6, 6.07) is 5.98. The maximum atomic E-state index is 12.0. The van der Waals surface area contributed by atoms with Crippen LogP contribution in [0.2, 0.25) is 0 Å². The molecule has 0 bridgehead atoms. The van der Waals surface area contributed by atoms with E-state index in [9.17, 15) is 4.79 Å². The van der Waals surface area contributed by atoms with Gasteiger partial charge >= 0.3 is 5.97 Å². The molecule has 1 aromatic heterocycles. The van der Waals surface area contributed by atoms with Gasteiger partial charge in [0.05, 0.1) is 5.69 Å². The Hall–Kier alpha value is -2.69. The summed E-state index contributed by atoms with van der Waals surface area (Å²) >= 11 is 0. The van der Waals surface area contributed by atoms with Gasteiger partial charge in [-0.05, 0) is 39.0 Å². The van der Waals surface area contributed by atoms with Gasteiger partial charge in [-0.25, -0.2) is 9.79 Å². The van der Waals surface area contributed by atoms with Crippen LogP contribution in [0.5, 0.6) is 0 Å². The topological polar surface area (TPSA) is 56.5 Å². The van der Waals surface area contributed by atoms with Crippen LogP contribution in [-0.2, 0) is 16.6 Å². The van der Waals surface area contributed by atoms with Gasteiger partial charge in [0.2, 0.25) is 5.90 Å². The molecule has 22 heavy (non-hydrogen) atoms. The first-order chi connectivity index (χ1) is 10.4. The van der Waals surface area contributed by atoms with E-state index < -0.39 is 5.97 Å². The molecule has 5 heteroatoms. The minimum Gasteiger partial charge on any atom is -0.402 e. The molecule has 1 aromatic carbocycles. The van der Waals surface area contributed by atoms with Gasteiger partial charge in [0, 0.05) is 24.4 Å². The average Bonchev–Trinajstić information content (AvgIpc) is 2.93. The molecule has 0 N–H and O–H groups in total. The number of hydrogen-bond donors (Lipinski definition) is 0. The average molecular weight is 295 g/mol. The van der Waals surface area contributed by atoms with Crippen molar-refractivity contribution in [2.24, 2.45) is 12.0 Å². The van der Waals surface area contributed by atoms with Crippen molar-refractivity contribution in [3.05, 3.63) is 58.0 Å². The van der Waals surface area contributed by atoms with Crippen LogP contribution in [0.15, 0.2) is 35.1 Å². The quantitative estimate of drug-likeness (QED) is 0.632. The summed E-state index contributed by atoms with van der Waals surface area (Å²) < 4.78 is 7.01. The Balaban J connectivity index is 1.99. The highest BCUT2D eigenvalue weighted by Gasteiger charge is 2.24. The maximum absolute atomic E-state index is 12.0. The number of carbonyl (C=O) groups is 1. The molecule has 0 saturated carbocycles. The molecule has 5 nitrogen and oxygen atoms in total. The third-order valence-corrected chi connectivity index (χ3v) is 3.43. The van der Waals surface area contributed by atoms with Gasteiger partial charge in [-0.3, -0.25) is 4.68 Å². The first kappa shape index (κ1) is 14.3. The molecular formula is C17H17N3O2. The second-order valence-electron chi connectivity index (χ2n) is 5.56. The van der Waals surface area contributed by atoms with Crippen molar-refractivity contribution >= 4 is 17.9 Å². The Morgan fingerprint density at radius 3 is 2.41 bits per heavy atom. The number of hydrogen-bond acceptors (Lipinski definition) is 4. The Morgan fingerprint density at radius 1 is 1.14 bits per heavy atom. The fourth-order valence-electron chi connectivity index (χ4n) is 2.54. The number of rotatable bonds is 2. The van der Waals surface area contributed by atoms with E-state index in [2.05, 4.69) is 16.2 Å². The number of cyclic esters (lactones) is 1. The van der Waals surface area contributed by atoms with Crippen LogP contribution >= 0.6 is 0 Å². The third-order valence-electron chi connectivity index (χ3n) is 3.43. The van der Waals surface area contributed by atoms with Gasteiger partial charge in [-0.15, -0.1) is 0 Å². The van der Waals surface area contributed by atoms with E-state index in [1.807, 2.05) is 46.1 Å². The zero-order chi connectivity index (χ0) is 15.9. The molecule has 0 radical (unpaired) electrons. The minimum atomic E-state index is -0.433. The number of esters is 1. The summed E-state index contributed by atoms with van der Waals surface area (Å²) in [5.74, 6) is -0.0815. The zero-order valence-corrected chi connectivity index (χ0v) is 13.0. The monoisotopic (exact) mass is 295 g/mol. The second kappa shape index (κ2) is 5.26. The first-order valence-corrected chi connectivity index (χ1v) is 7.04.